The van der Waals surface area contributed by atoms with Crippen LogP contribution in [0.25, 0.3) is 0 Å². The lowest BCUT2D eigenvalue weighted by molar-refractivity contribution is -0.0532. The van der Waals surface area contributed by atoms with Crippen molar-refractivity contribution in [2.45, 2.75) is 51.4 Å². The molecular weight excluding hydrogens is 288 g/mol. The van der Waals surface area contributed by atoms with Gasteiger partial charge in [-0.2, -0.15) is 0 Å². The average Bonchev–Trinajstić information content (AvgIpc) is 2.51. The van der Waals surface area contributed by atoms with E-state index >= 15 is 0 Å². The molecule has 0 unspecified atom stereocenters. The Kier molecular flexibility index (Phi) is 6.88. The Labute approximate surface area is 141 Å². The summed E-state index contributed by atoms with van der Waals surface area (Å²) in [5.41, 5.74) is 1.19. The SMILES string of the molecule is CCN(CCN(C)C)[C@H]1CCC[C@@H](Oc2cccc(C)c2)[C@@H]1O. The number of nitrogens with zero attached hydrogens (tertiary/aromatic N) is 2. The van der Waals surface area contributed by atoms with Crippen LogP contribution in [0.3, 0.4) is 0 Å². The fourth-order valence-electron chi connectivity index (χ4n) is 3.40. The summed E-state index contributed by atoms with van der Waals surface area (Å²) >= 11 is 0. The van der Waals surface area contributed by atoms with Gasteiger partial charge in [0.2, 0.25) is 0 Å². The van der Waals surface area contributed by atoms with Crippen molar-refractivity contribution in [1.82, 2.24) is 9.80 Å². The van der Waals surface area contributed by atoms with Crippen molar-refractivity contribution in [2.75, 3.05) is 33.7 Å². The van der Waals surface area contributed by atoms with Crippen molar-refractivity contribution in [3.63, 3.8) is 0 Å². The molecule has 4 nitrogen and oxygen atoms in total. The molecule has 3 atom stereocenters. The fourth-order valence-corrected chi connectivity index (χ4v) is 3.40. The molecule has 0 radical (unpaired) electrons. The molecule has 1 aliphatic carbocycles. The van der Waals surface area contributed by atoms with E-state index in [1.807, 2.05) is 18.2 Å². The largest absolute Gasteiger partial charge is 0.488 e. The second-order valence-electron chi connectivity index (χ2n) is 6.89. The molecule has 2 rings (SSSR count). The molecule has 0 spiro atoms. The number of likely N-dealkylation sites (N-methyl/N-ethyl adjacent to an activating group) is 2. The summed E-state index contributed by atoms with van der Waals surface area (Å²) in [4.78, 5) is 4.59. The van der Waals surface area contributed by atoms with Crippen molar-refractivity contribution in [3.05, 3.63) is 29.8 Å². The summed E-state index contributed by atoms with van der Waals surface area (Å²) in [5, 5.41) is 10.8. The second-order valence-corrected chi connectivity index (χ2v) is 6.89. The zero-order valence-corrected chi connectivity index (χ0v) is 15.0. The van der Waals surface area contributed by atoms with Crippen LogP contribution in [0.15, 0.2) is 24.3 Å². The Balaban J connectivity index is 2.00. The first-order chi connectivity index (χ1) is 11.0. The van der Waals surface area contributed by atoms with E-state index in [-0.39, 0.29) is 12.1 Å². The van der Waals surface area contributed by atoms with E-state index in [4.69, 9.17) is 4.74 Å². The molecule has 0 saturated heterocycles. The first-order valence-corrected chi connectivity index (χ1v) is 8.81. The third kappa shape index (κ3) is 5.20. The standard InChI is InChI=1S/C19H32N2O2/c1-5-21(13-12-20(3)4)17-10-7-11-18(19(17)22)23-16-9-6-8-15(2)14-16/h6,8-9,14,17-19,22H,5,7,10-13H2,1-4H3/t17-,18+,19+/m0/s1. The van der Waals surface area contributed by atoms with Crippen LogP contribution < -0.4 is 4.74 Å². The second kappa shape index (κ2) is 8.67. The molecule has 1 aromatic rings. The quantitative estimate of drug-likeness (QED) is 0.837. The van der Waals surface area contributed by atoms with Gasteiger partial charge in [0.25, 0.3) is 0 Å². The van der Waals surface area contributed by atoms with Crippen molar-refractivity contribution < 1.29 is 9.84 Å². The normalized spacial score (nSPS) is 25.1. The molecule has 23 heavy (non-hydrogen) atoms. The Hall–Kier alpha value is -1.10. The van der Waals surface area contributed by atoms with Crippen LogP contribution in [-0.4, -0.2) is 66.9 Å². The summed E-state index contributed by atoms with van der Waals surface area (Å²) in [6.45, 7) is 7.20. The smallest absolute Gasteiger partial charge is 0.126 e. The Morgan fingerprint density at radius 3 is 2.65 bits per heavy atom. The number of ether oxygens (including phenoxy) is 1. The van der Waals surface area contributed by atoms with Gasteiger partial charge in [-0.25, -0.2) is 0 Å². The molecule has 0 heterocycles. The first kappa shape index (κ1) is 18.2. The van der Waals surface area contributed by atoms with Gasteiger partial charge in [0, 0.05) is 19.1 Å². The highest BCUT2D eigenvalue weighted by molar-refractivity contribution is 5.27. The minimum absolute atomic E-state index is 0.107. The minimum Gasteiger partial charge on any atom is -0.488 e. The van der Waals surface area contributed by atoms with Gasteiger partial charge >= 0.3 is 0 Å². The Morgan fingerprint density at radius 1 is 1.22 bits per heavy atom. The average molecular weight is 320 g/mol. The lowest BCUT2D eigenvalue weighted by Gasteiger charge is -2.41. The van der Waals surface area contributed by atoms with Crippen LogP contribution in [0.2, 0.25) is 0 Å². The molecule has 4 heteroatoms. The van der Waals surface area contributed by atoms with Gasteiger partial charge in [-0.3, -0.25) is 4.90 Å². The van der Waals surface area contributed by atoms with Crippen molar-refractivity contribution in [3.8, 4) is 5.75 Å². The molecule has 0 bridgehead atoms. The predicted molar refractivity (Wildman–Crippen MR) is 95.0 cm³/mol. The van der Waals surface area contributed by atoms with Crippen molar-refractivity contribution >= 4 is 0 Å². The van der Waals surface area contributed by atoms with Gasteiger partial charge in [0.1, 0.15) is 18.0 Å². The molecule has 130 valence electrons. The highest BCUT2D eigenvalue weighted by Gasteiger charge is 2.36. The maximum atomic E-state index is 10.8. The van der Waals surface area contributed by atoms with E-state index in [1.54, 1.807) is 0 Å². The number of aryl methyl sites for hydroxylation is 1. The Bertz CT molecular complexity index is 478. The third-order valence-corrected chi connectivity index (χ3v) is 4.75. The van der Waals surface area contributed by atoms with E-state index in [2.05, 4.69) is 43.8 Å². The van der Waals surface area contributed by atoms with Gasteiger partial charge in [-0.1, -0.05) is 19.1 Å². The lowest BCUT2D eigenvalue weighted by Crippen LogP contribution is -2.54. The maximum absolute atomic E-state index is 10.8. The van der Waals surface area contributed by atoms with Crippen LogP contribution in [0, 0.1) is 6.92 Å². The summed E-state index contributed by atoms with van der Waals surface area (Å²) in [7, 11) is 4.18. The molecule has 1 aliphatic rings. The number of benzene rings is 1. The summed E-state index contributed by atoms with van der Waals surface area (Å²) < 4.78 is 6.11. The molecule has 0 aromatic heterocycles. The lowest BCUT2D eigenvalue weighted by atomic mass is 9.88. The number of hydrogen-bond donors (Lipinski definition) is 1. The zero-order valence-electron chi connectivity index (χ0n) is 15.0. The molecule has 1 aromatic carbocycles. The van der Waals surface area contributed by atoms with Crippen LogP contribution in [0.4, 0.5) is 0 Å². The summed E-state index contributed by atoms with van der Waals surface area (Å²) in [6, 6.07) is 8.29. The molecule has 1 saturated carbocycles. The zero-order chi connectivity index (χ0) is 16.8. The number of rotatable bonds is 7. The van der Waals surface area contributed by atoms with E-state index in [0.29, 0.717) is 0 Å². The van der Waals surface area contributed by atoms with Crippen molar-refractivity contribution in [1.29, 1.82) is 0 Å². The van der Waals surface area contributed by atoms with Crippen LogP contribution >= 0.6 is 0 Å². The van der Waals surface area contributed by atoms with Crippen LogP contribution in [-0.2, 0) is 0 Å². The van der Waals surface area contributed by atoms with Crippen LogP contribution in [0.1, 0.15) is 31.7 Å². The Morgan fingerprint density at radius 2 is 2.00 bits per heavy atom. The topological polar surface area (TPSA) is 35.9 Å². The fraction of sp³-hybridized carbons (Fsp3) is 0.684. The molecule has 0 amide bonds. The summed E-state index contributed by atoms with van der Waals surface area (Å²) in [6.07, 6.45) is 2.55. The maximum Gasteiger partial charge on any atom is 0.126 e. The van der Waals surface area contributed by atoms with Crippen LogP contribution in [0.5, 0.6) is 5.75 Å². The van der Waals surface area contributed by atoms with Gasteiger partial charge in [0.05, 0.1) is 0 Å². The first-order valence-electron chi connectivity index (χ1n) is 8.81. The molecular formula is C19H32N2O2. The van der Waals surface area contributed by atoms with Gasteiger partial charge in [0.15, 0.2) is 0 Å². The van der Waals surface area contributed by atoms with Gasteiger partial charge < -0.3 is 14.7 Å². The minimum atomic E-state index is -0.425. The monoisotopic (exact) mass is 320 g/mol. The predicted octanol–water partition coefficient (Wildman–Crippen LogP) is 2.54. The van der Waals surface area contributed by atoms with E-state index < -0.39 is 6.10 Å². The van der Waals surface area contributed by atoms with E-state index in [9.17, 15) is 5.11 Å². The highest BCUT2D eigenvalue weighted by atomic mass is 16.5. The van der Waals surface area contributed by atoms with Gasteiger partial charge in [-0.05, 0) is 64.5 Å². The number of hydrogen-bond acceptors (Lipinski definition) is 4. The number of aliphatic hydroxyl groups is 1. The number of aliphatic hydroxyl groups excluding tert-OH is 1. The third-order valence-electron chi connectivity index (χ3n) is 4.75. The van der Waals surface area contributed by atoms with Gasteiger partial charge in [-0.15, -0.1) is 0 Å². The molecule has 1 N–H and O–H groups in total. The molecule has 0 aliphatic heterocycles. The highest BCUT2D eigenvalue weighted by Crippen LogP contribution is 2.27. The van der Waals surface area contributed by atoms with Crippen molar-refractivity contribution in [2.24, 2.45) is 0 Å². The van der Waals surface area contributed by atoms with E-state index in [1.165, 1.54) is 5.56 Å². The summed E-state index contributed by atoms with van der Waals surface area (Å²) in [5.74, 6) is 0.867. The van der Waals surface area contributed by atoms with E-state index in [0.717, 1.165) is 44.6 Å². The molecule has 1 fully saturated rings.